The van der Waals surface area contributed by atoms with Gasteiger partial charge < -0.3 is 11.1 Å². The lowest BCUT2D eigenvalue weighted by Crippen LogP contribution is -2.15. The van der Waals surface area contributed by atoms with Crippen LogP contribution in [0.2, 0.25) is 0 Å². The molecular weight excluding hydrogens is 276 g/mol. The van der Waals surface area contributed by atoms with Crippen molar-refractivity contribution in [1.82, 2.24) is 14.8 Å². The zero-order valence-electron chi connectivity index (χ0n) is 11.5. The van der Waals surface area contributed by atoms with Gasteiger partial charge >= 0.3 is 0 Å². The number of rotatable bonds is 4. The maximum Gasteiger partial charge on any atom is 0.288 e. The van der Waals surface area contributed by atoms with E-state index in [9.17, 15) is 14.9 Å². The fourth-order valence-electron chi connectivity index (χ4n) is 1.84. The molecule has 0 spiro atoms. The summed E-state index contributed by atoms with van der Waals surface area (Å²) in [5, 5.41) is 17.6. The van der Waals surface area contributed by atoms with E-state index >= 15 is 0 Å². The molecule has 2 aromatic heterocycles. The molecule has 2 rings (SSSR count). The summed E-state index contributed by atoms with van der Waals surface area (Å²) >= 11 is 0. The van der Waals surface area contributed by atoms with E-state index < -0.39 is 10.8 Å². The number of anilines is 2. The van der Waals surface area contributed by atoms with Crippen LogP contribution in [0.4, 0.5) is 17.2 Å². The molecule has 2 heterocycles. The molecule has 9 nitrogen and oxygen atoms in total. The van der Waals surface area contributed by atoms with E-state index in [1.165, 1.54) is 0 Å². The molecule has 3 N–H and O–H groups in total. The van der Waals surface area contributed by atoms with Gasteiger partial charge in [0, 0.05) is 19.3 Å². The first-order chi connectivity index (χ1) is 9.92. The maximum atomic E-state index is 12.2. The standard InChI is InChI=1S/C12H14N6O3/c1-3-9-10(6-17(2)16-9)15-12(19)8-4-7(18(20)21)5-14-11(8)13/h4-6H,3H2,1-2H3,(H2,13,14)(H,15,19). The third-order valence-corrected chi connectivity index (χ3v) is 2.85. The predicted octanol–water partition coefficient (Wildman–Crippen LogP) is 1.12. The number of nitro groups is 1. The Kier molecular flexibility index (Phi) is 3.83. The highest BCUT2D eigenvalue weighted by molar-refractivity contribution is 6.07. The molecule has 1 amide bonds. The van der Waals surface area contributed by atoms with E-state index in [0.717, 1.165) is 12.3 Å². The number of amides is 1. The lowest BCUT2D eigenvalue weighted by molar-refractivity contribution is -0.385. The second kappa shape index (κ2) is 5.57. The van der Waals surface area contributed by atoms with Crippen LogP contribution in [0.1, 0.15) is 23.0 Å². The van der Waals surface area contributed by atoms with Crippen LogP contribution in [0.15, 0.2) is 18.5 Å². The first-order valence-electron chi connectivity index (χ1n) is 6.16. The summed E-state index contributed by atoms with van der Waals surface area (Å²) in [6.07, 6.45) is 3.30. The molecule has 0 saturated carbocycles. The van der Waals surface area contributed by atoms with Gasteiger partial charge in [-0.15, -0.1) is 0 Å². The molecule has 0 unspecified atom stereocenters. The fourth-order valence-corrected chi connectivity index (χ4v) is 1.84. The Labute approximate surface area is 119 Å². The van der Waals surface area contributed by atoms with Gasteiger partial charge in [-0.1, -0.05) is 6.92 Å². The molecule has 110 valence electrons. The quantitative estimate of drug-likeness (QED) is 0.641. The Morgan fingerprint density at radius 1 is 1.57 bits per heavy atom. The number of nitrogens with zero attached hydrogens (tertiary/aromatic N) is 4. The molecule has 0 aliphatic rings. The van der Waals surface area contributed by atoms with Gasteiger partial charge in [-0.05, 0) is 6.42 Å². The van der Waals surface area contributed by atoms with Gasteiger partial charge in [0.1, 0.15) is 12.0 Å². The van der Waals surface area contributed by atoms with Crippen molar-refractivity contribution in [3.63, 3.8) is 0 Å². The number of aromatic nitrogens is 3. The van der Waals surface area contributed by atoms with E-state index in [4.69, 9.17) is 5.73 Å². The van der Waals surface area contributed by atoms with E-state index in [1.54, 1.807) is 17.9 Å². The molecular formula is C12H14N6O3. The number of pyridine rings is 1. The number of carbonyl (C=O) groups excluding carboxylic acids is 1. The molecule has 0 fully saturated rings. The van der Waals surface area contributed by atoms with E-state index in [2.05, 4.69) is 15.4 Å². The molecule has 0 radical (unpaired) electrons. The lowest BCUT2D eigenvalue weighted by Gasteiger charge is -2.06. The Balaban J connectivity index is 2.31. The van der Waals surface area contributed by atoms with Crippen molar-refractivity contribution in [2.45, 2.75) is 13.3 Å². The molecule has 0 atom stereocenters. The summed E-state index contributed by atoms with van der Waals surface area (Å²) in [7, 11) is 1.73. The number of nitrogen functional groups attached to an aromatic ring is 1. The van der Waals surface area contributed by atoms with Gasteiger partial charge in [0.05, 0.1) is 21.9 Å². The van der Waals surface area contributed by atoms with Crippen LogP contribution in [-0.2, 0) is 13.5 Å². The number of carbonyl (C=O) groups is 1. The minimum absolute atomic E-state index is 0.0462. The van der Waals surface area contributed by atoms with Crippen molar-refractivity contribution >= 4 is 23.1 Å². The summed E-state index contributed by atoms with van der Waals surface area (Å²) < 4.78 is 1.57. The van der Waals surface area contributed by atoms with Gasteiger partial charge in [-0.25, -0.2) is 4.98 Å². The van der Waals surface area contributed by atoms with Crippen molar-refractivity contribution in [2.75, 3.05) is 11.1 Å². The average Bonchev–Trinajstić information content (AvgIpc) is 2.78. The lowest BCUT2D eigenvalue weighted by atomic mass is 10.2. The van der Waals surface area contributed by atoms with Crippen molar-refractivity contribution in [2.24, 2.45) is 7.05 Å². The SMILES string of the molecule is CCc1nn(C)cc1NC(=O)c1cc([N+](=O)[O-])cnc1N. The number of aryl methyl sites for hydroxylation is 2. The number of nitrogens with one attached hydrogen (secondary N) is 1. The molecule has 0 aliphatic carbocycles. The van der Waals surface area contributed by atoms with Gasteiger partial charge in [0.15, 0.2) is 0 Å². The Morgan fingerprint density at radius 3 is 2.90 bits per heavy atom. The van der Waals surface area contributed by atoms with E-state index in [1.807, 2.05) is 6.92 Å². The monoisotopic (exact) mass is 290 g/mol. The minimum atomic E-state index is -0.634. The molecule has 0 bridgehead atoms. The first-order valence-corrected chi connectivity index (χ1v) is 6.16. The van der Waals surface area contributed by atoms with Crippen LogP contribution in [0.25, 0.3) is 0 Å². The molecule has 0 aliphatic heterocycles. The fraction of sp³-hybridized carbons (Fsp3) is 0.250. The van der Waals surface area contributed by atoms with Crippen LogP contribution in [0.3, 0.4) is 0 Å². The number of nitrogens with two attached hydrogens (primary N) is 1. The van der Waals surface area contributed by atoms with Crippen LogP contribution in [0.5, 0.6) is 0 Å². The molecule has 21 heavy (non-hydrogen) atoms. The third-order valence-electron chi connectivity index (χ3n) is 2.85. The summed E-state index contributed by atoms with van der Waals surface area (Å²) in [6.45, 7) is 1.90. The maximum absolute atomic E-state index is 12.2. The van der Waals surface area contributed by atoms with Gasteiger partial charge in [0.25, 0.3) is 11.6 Å². The first kappa shape index (κ1) is 14.4. The largest absolute Gasteiger partial charge is 0.383 e. The van der Waals surface area contributed by atoms with Gasteiger partial charge in [-0.3, -0.25) is 19.6 Å². The highest BCUT2D eigenvalue weighted by Crippen LogP contribution is 2.20. The Hall–Kier alpha value is -2.97. The smallest absolute Gasteiger partial charge is 0.288 e. The second-order valence-electron chi connectivity index (χ2n) is 4.35. The average molecular weight is 290 g/mol. The zero-order valence-corrected chi connectivity index (χ0v) is 11.5. The minimum Gasteiger partial charge on any atom is -0.383 e. The van der Waals surface area contributed by atoms with Crippen molar-refractivity contribution in [3.8, 4) is 0 Å². The highest BCUT2D eigenvalue weighted by atomic mass is 16.6. The summed E-state index contributed by atoms with van der Waals surface area (Å²) in [4.78, 5) is 26.0. The summed E-state index contributed by atoms with van der Waals surface area (Å²) in [6, 6.07) is 1.10. The van der Waals surface area contributed by atoms with E-state index in [-0.39, 0.29) is 17.1 Å². The number of hydrogen-bond acceptors (Lipinski definition) is 6. The predicted molar refractivity (Wildman–Crippen MR) is 75.8 cm³/mol. The third kappa shape index (κ3) is 2.96. The molecule has 2 aromatic rings. The van der Waals surface area contributed by atoms with Crippen LogP contribution in [0, 0.1) is 10.1 Å². The Bertz CT molecular complexity index is 709. The topological polar surface area (TPSA) is 129 Å². The zero-order chi connectivity index (χ0) is 15.6. The van der Waals surface area contributed by atoms with Crippen molar-refractivity contribution in [3.05, 3.63) is 39.8 Å². The summed E-state index contributed by atoms with van der Waals surface area (Å²) in [5.41, 5.74) is 6.51. The molecule has 0 aromatic carbocycles. The highest BCUT2D eigenvalue weighted by Gasteiger charge is 2.18. The van der Waals surface area contributed by atoms with E-state index in [0.29, 0.717) is 17.8 Å². The summed E-state index contributed by atoms with van der Waals surface area (Å²) in [5.74, 6) is -0.633. The van der Waals surface area contributed by atoms with Crippen LogP contribution >= 0.6 is 0 Å². The van der Waals surface area contributed by atoms with Crippen LogP contribution < -0.4 is 11.1 Å². The number of hydrogen-bond donors (Lipinski definition) is 2. The normalized spacial score (nSPS) is 10.4. The molecule has 0 saturated heterocycles. The van der Waals surface area contributed by atoms with Crippen molar-refractivity contribution in [1.29, 1.82) is 0 Å². The van der Waals surface area contributed by atoms with Crippen LogP contribution in [-0.4, -0.2) is 25.6 Å². The van der Waals surface area contributed by atoms with Gasteiger partial charge in [0.2, 0.25) is 0 Å². The second-order valence-corrected chi connectivity index (χ2v) is 4.35. The Morgan fingerprint density at radius 2 is 2.29 bits per heavy atom. The van der Waals surface area contributed by atoms with Gasteiger partial charge in [-0.2, -0.15) is 5.10 Å². The van der Waals surface area contributed by atoms with Crippen molar-refractivity contribution < 1.29 is 9.72 Å². The molecule has 9 heteroatoms.